The molecule has 108 valence electrons. The van der Waals surface area contributed by atoms with Crippen LogP contribution in [0.15, 0.2) is 17.1 Å². The van der Waals surface area contributed by atoms with Crippen LogP contribution in [0, 0.1) is 23.7 Å². The normalized spacial score (nSPS) is 40.0. The van der Waals surface area contributed by atoms with Gasteiger partial charge in [0.05, 0.1) is 6.04 Å². The minimum atomic E-state index is -0.203. The van der Waals surface area contributed by atoms with E-state index in [1.54, 1.807) is 6.08 Å². The maximum atomic E-state index is 6.03. The predicted molar refractivity (Wildman–Crippen MR) is 75.8 cm³/mol. The first-order valence-corrected chi connectivity index (χ1v) is 7.94. The Morgan fingerprint density at radius 3 is 2.40 bits per heavy atom. The smallest absolute Gasteiger partial charge is 0.233 e. The van der Waals surface area contributed by atoms with Gasteiger partial charge in [0.15, 0.2) is 0 Å². The van der Waals surface area contributed by atoms with Gasteiger partial charge in [0.2, 0.25) is 11.8 Å². The Kier molecular flexibility index (Phi) is 2.95. The molecule has 1 atom stereocenters. The fourth-order valence-corrected chi connectivity index (χ4v) is 5.14. The number of nitrogens with zero attached hydrogens (tertiary/aromatic N) is 2. The van der Waals surface area contributed by atoms with E-state index < -0.39 is 0 Å². The summed E-state index contributed by atoms with van der Waals surface area (Å²) in [4.78, 5) is 0. The largest absolute Gasteiger partial charge is 0.423 e. The molecule has 4 nitrogen and oxygen atoms in total. The quantitative estimate of drug-likeness (QED) is 0.856. The molecular formula is C16H23N3O. The van der Waals surface area contributed by atoms with E-state index in [4.69, 9.17) is 10.2 Å². The Morgan fingerprint density at radius 2 is 1.80 bits per heavy atom. The van der Waals surface area contributed by atoms with Gasteiger partial charge in [-0.3, -0.25) is 0 Å². The molecule has 5 rings (SSSR count). The molecule has 1 heterocycles. The van der Waals surface area contributed by atoms with Gasteiger partial charge in [0.1, 0.15) is 0 Å². The molecule has 4 bridgehead atoms. The molecule has 4 aliphatic carbocycles. The highest BCUT2D eigenvalue weighted by molar-refractivity contribution is 5.09. The molecule has 20 heavy (non-hydrogen) atoms. The summed E-state index contributed by atoms with van der Waals surface area (Å²) in [6, 6.07) is -0.203. The van der Waals surface area contributed by atoms with Crippen molar-refractivity contribution in [3.8, 4) is 0 Å². The third kappa shape index (κ3) is 1.93. The second kappa shape index (κ2) is 4.69. The van der Waals surface area contributed by atoms with Gasteiger partial charge in [-0.15, -0.1) is 16.8 Å². The third-order valence-corrected chi connectivity index (χ3v) is 5.71. The minimum Gasteiger partial charge on any atom is -0.423 e. The van der Waals surface area contributed by atoms with Crippen LogP contribution in [-0.2, 0) is 0 Å². The molecule has 4 fully saturated rings. The summed E-state index contributed by atoms with van der Waals surface area (Å²) in [7, 11) is 0. The zero-order valence-corrected chi connectivity index (χ0v) is 11.9. The summed E-state index contributed by atoms with van der Waals surface area (Å²) in [6.07, 6.45) is 9.43. The van der Waals surface area contributed by atoms with Crippen LogP contribution in [0.2, 0.25) is 0 Å². The maximum Gasteiger partial charge on any atom is 0.233 e. The van der Waals surface area contributed by atoms with E-state index in [-0.39, 0.29) is 6.04 Å². The number of hydrogen-bond donors (Lipinski definition) is 1. The van der Waals surface area contributed by atoms with Gasteiger partial charge in [-0.2, -0.15) is 0 Å². The predicted octanol–water partition coefficient (Wildman–Crippen LogP) is 3.19. The number of rotatable bonds is 4. The second-order valence-corrected chi connectivity index (χ2v) is 7.07. The van der Waals surface area contributed by atoms with Crippen LogP contribution in [-0.4, -0.2) is 10.2 Å². The van der Waals surface area contributed by atoms with Crippen LogP contribution in [0.5, 0.6) is 0 Å². The van der Waals surface area contributed by atoms with Crippen molar-refractivity contribution in [3.05, 3.63) is 24.4 Å². The molecule has 0 amide bonds. The van der Waals surface area contributed by atoms with Crippen molar-refractivity contribution in [1.29, 1.82) is 0 Å². The zero-order chi connectivity index (χ0) is 13.7. The van der Waals surface area contributed by atoms with Crippen molar-refractivity contribution in [1.82, 2.24) is 10.2 Å². The Balaban J connectivity index is 1.57. The second-order valence-electron chi connectivity index (χ2n) is 7.07. The molecule has 0 saturated heterocycles. The summed E-state index contributed by atoms with van der Waals surface area (Å²) in [5.74, 6) is 5.42. The molecule has 0 radical (unpaired) electrons. The van der Waals surface area contributed by atoms with Gasteiger partial charge in [-0.1, -0.05) is 6.08 Å². The lowest BCUT2D eigenvalue weighted by Crippen LogP contribution is -2.43. The van der Waals surface area contributed by atoms with Crippen molar-refractivity contribution in [3.63, 3.8) is 0 Å². The Morgan fingerprint density at radius 1 is 1.15 bits per heavy atom. The van der Waals surface area contributed by atoms with Gasteiger partial charge >= 0.3 is 0 Å². The van der Waals surface area contributed by atoms with Gasteiger partial charge in [-0.25, -0.2) is 0 Å². The number of hydrogen-bond acceptors (Lipinski definition) is 4. The lowest BCUT2D eigenvalue weighted by Gasteiger charge is -2.53. The molecule has 4 saturated carbocycles. The molecule has 0 aliphatic heterocycles. The third-order valence-electron chi connectivity index (χ3n) is 5.71. The molecule has 0 aromatic carbocycles. The van der Waals surface area contributed by atoms with Crippen LogP contribution >= 0.6 is 0 Å². The summed E-state index contributed by atoms with van der Waals surface area (Å²) in [5.41, 5.74) is 6.03. The van der Waals surface area contributed by atoms with Crippen molar-refractivity contribution in [2.24, 2.45) is 29.4 Å². The molecule has 4 aliphatic rings. The van der Waals surface area contributed by atoms with Crippen LogP contribution in [0.1, 0.15) is 62.3 Å². The average Bonchev–Trinajstić information content (AvgIpc) is 2.87. The Labute approximate surface area is 119 Å². The SMILES string of the molecule is C=CCC(N)c1nnc(C2C3CC4CC(C3)CC2C4)o1. The molecule has 1 aromatic rings. The van der Waals surface area contributed by atoms with E-state index in [0.29, 0.717) is 18.2 Å². The fraction of sp³-hybridized carbons (Fsp3) is 0.750. The molecule has 0 spiro atoms. The molecule has 4 heteroatoms. The van der Waals surface area contributed by atoms with Crippen molar-refractivity contribution in [2.45, 2.75) is 50.5 Å². The van der Waals surface area contributed by atoms with Gasteiger partial charge in [-0.05, 0) is 62.2 Å². The highest BCUT2D eigenvalue weighted by Gasteiger charge is 2.50. The van der Waals surface area contributed by atoms with E-state index in [9.17, 15) is 0 Å². The van der Waals surface area contributed by atoms with Crippen molar-refractivity contribution < 1.29 is 4.42 Å². The Bertz CT molecular complexity index is 482. The summed E-state index contributed by atoms with van der Waals surface area (Å²) >= 11 is 0. The Hall–Kier alpha value is -1.16. The first-order valence-electron chi connectivity index (χ1n) is 7.94. The maximum absolute atomic E-state index is 6.03. The highest BCUT2D eigenvalue weighted by atomic mass is 16.4. The van der Waals surface area contributed by atoms with E-state index in [2.05, 4.69) is 16.8 Å². The standard InChI is InChI=1S/C16H23N3O/c1-2-3-13(17)15-18-19-16(20-15)14-11-5-9-4-10(7-11)8-12(14)6-9/h2,9-14H,1,3-8,17H2. The van der Waals surface area contributed by atoms with Crippen LogP contribution < -0.4 is 5.73 Å². The van der Waals surface area contributed by atoms with Crippen molar-refractivity contribution >= 4 is 0 Å². The topological polar surface area (TPSA) is 64.9 Å². The summed E-state index contributed by atoms with van der Waals surface area (Å²) in [5, 5.41) is 8.51. The molecule has 2 N–H and O–H groups in total. The first-order chi connectivity index (χ1) is 9.74. The summed E-state index contributed by atoms with van der Waals surface area (Å²) in [6.45, 7) is 3.71. The van der Waals surface area contributed by atoms with Crippen molar-refractivity contribution in [2.75, 3.05) is 0 Å². The van der Waals surface area contributed by atoms with E-state index in [0.717, 1.165) is 29.6 Å². The van der Waals surface area contributed by atoms with Crippen LogP contribution in [0.3, 0.4) is 0 Å². The van der Waals surface area contributed by atoms with Crippen LogP contribution in [0.4, 0.5) is 0 Å². The molecule has 1 aromatic heterocycles. The van der Waals surface area contributed by atoms with Gasteiger partial charge in [0.25, 0.3) is 0 Å². The highest BCUT2D eigenvalue weighted by Crippen LogP contribution is 2.59. The lowest BCUT2D eigenvalue weighted by molar-refractivity contribution is -0.0119. The zero-order valence-electron chi connectivity index (χ0n) is 11.9. The van der Waals surface area contributed by atoms with Gasteiger partial charge in [0, 0.05) is 5.92 Å². The number of aromatic nitrogens is 2. The lowest BCUT2D eigenvalue weighted by atomic mass is 9.52. The average molecular weight is 273 g/mol. The van der Waals surface area contributed by atoms with E-state index in [1.165, 1.54) is 32.1 Å². The molecular weight excluding hydrogens is 250 g/mol. The van der Waals surface area contributed by atoms with Crippen LogP contribution in [0.25, 0.3) is 0 Å². The van der Waals surface area contributed by atoms with E-state index >= 15 is 0 Å². The summed E-state index contributed by atoms with van der Waals surface area (Å²) < 4.78 is 5.93. The number of nitrogens with two attached hydrogens (primary N) is 1. The van der Waals surface area contributed by atoms with E-state index in [1.807, 2.05) is 0 Å². The first kappa shape index (κ1) is 12.6. The van der Waals surface area contributed by atoms with Gasteiger partial charge < -0.3 is 10.2 Å². The fourth-order valence-electron chi connectivity index (χ4n) is 5.14. The molecule has 1 unspecified atom stereocenters. The minimum absolute atomic E-state index is 0.203. The monoisotopic (exact) mass is 273 g/mol.